The zero-order chi connectivity index (χ0) is 15.0. The minimum Gasteiger partial charge on any atom is -0.222 e. The second-order valence-corrected chi connectivity index (χ2v) is 4.85. The average Bonchev–Trinajstić information content (AvgIpc) is 2.48. The Balaban J connectivity index is 0.000000312. The first-order valence-corrected chi connectivity index (χ1v) is 6.56. The van der Waals surface area contributed by atoms with E-state index < -0.39 is 10.2 Å². The van der Waals surface area contributed by atoms with E-state index in [1.54, 1.807) is 0 Å². The summed E-state index contributed by atoms with van der Waals surface area (Å²) in [6.45, 7) is 8.23. The van der Waals surface area contributed by atoms with Crippen molar-refractivity contribution in [3.05, 3.63) is 22.8 Å². The fourth-order valence-corrected chi connectivity index (χ4v) is 1.77. The highest BCUT2D eigenvalue weighted by atomic mass is 35.7. The van der Waals surface area contributed by atoms with Gasteiger partial charge in [0, 0.05) is 12.5 Å². The van der Waals surface area contributed by atoms with Crippen LogP contribution >= 0.6 is 0 Å². The van der Waals surface area contributed by atoms with Crippen LogP contribution < -0.4 is 23.0 Å². The summed E-state index contributed by atoms with van der Waals surface area (Å²) < 4.78 is 37.9. The minimum atomic E-state index is -4.94. The first kappa shape index (κ1) is 15.7. The van der Waals surface area contributed by atoms with Crippen LogP contribution in [0.25, 0.3) is 5.78 Å². The van der Waals surface area contributed by atoms with Crippen LogP contribution in [0.4, 0.5) is 0 Å². The normalized spacial score (nSPS) is 11.4. The fourth-order valence-electron chi connectivity index (χ4n) is 1.77. The number of rotatable bonds is 0. The van der Waals surface area contributed by atoms with Gasteiger partial charge in [-0.15, -0.1) is 19.9 Å². The minimum absolute atomic E-state index is 0.906. The van der Waals surface area contributed by atoms with Gasteiger partial charge in [0.15, 0.2) is 0 Å². The van der Waals surface area contributed by atoms with Gasteiger partial charge in [0.2, 0.25) is 5.82 Å². The Kier molecular flexibility index (Phi) is 4.43. The van der Waals surface area contributed by atoms with Crippen molar-refractivity contribution in [3.8, 4) is 0 Å². The van der Waals surface area contributed by atoms with Gasteiger partial charge >= 0.3 is 5.78 Å². The van der Waals surface area contributed by atoms with E-state index in [1.807, 2.05) is 25.6 Å². The van der Waals surface area contributed by atoms with Crippen molar-refractivity contribution in [2.45, 2.75) is 27.7 Å². The average molecular weight is 291 g/mol. The molecule has 0 aliphatic carbocycles. The van der Waals surface area contributed by atoms with E-state index in [0.717, 1.165) is 17.3 Å². The molecule has 2 aromatic heterocycles. The highest BCUT2D eigenvalue weighted by Gasteiger charge is 2.18. The summed E-state index contributed by atoms with van der Waals surface area (Å²) in [7, 11) is -3.02. The Morgan fingerprint density at radius 1 is 1.05 bits per heavy atom. The molecule has 0 bridgehead atoms. The Hall–Kier alpha value is -1.32. The van der Waals surface area contributed by atoms with Crippen molar-refractivity contribution in [1.82, 2.24) is 14.8 Å². The topological polar surface area (TPSA) is 127 Å². The summed E-state index contributed by atoms with van der Waals surface area (Å²) in [4.78, 5) is 4.52. The molecule has 0 unspecified atom stereocenters. The van der Waals surface area contributed by atoms with E-state index in [0.29, 0.717) is 0 Å². The molecular formula is C10H15ClN4O4. The molecule has 2 rings (SSSR count). The molecule has 0 saturated carbocycles. The van der Waals surface area contributed by atoms with Gasteiger partial charge in [-0.25, -0.2) is 18.6 Å². The van der Waals surface area contributed by atoms with Crippen molar-refractivity contribution < 1.29 is 33.3 Å². The molecule has 2 heterocycles. The van der Waals surface area contributed by atoms with E-state index in [9.17, 15) is 0 Å². The predicted octanol–water partition coefficient (Wildman–Crippen LogP) is -3.97. The molecular weight excluding hydrogens is 276 g/mol. The monoisotopic (exact) mass is 290 g/mol. The van der Waals surface area contributed by atoms with E-state index >= 15 is 0 Å². The summed E-state index contributed by atoms with van der Waals surface area (Å²) in [6.07, 6.45) is 0. The van der Waals surface area contributed by atoms with Gasteiger partial charge in [-0.3, -0.25) is 0 Å². The number of fused-ring (bicyclic) bond motifs is 1. The summed E-state index contributed by atoms with van der Waals surface area (Å²) >= 11 is 0. The molecule has 0 radical (unpaired) electrons. The molecule has 0 spiro atoms. The number of nitrogens with zero attached hydrogens (tertiary/aromatic N) is 4. The summed E-state index contributed by atoms with van der Waals surface area (Å²) in [5, 5.41) is 4.35. The van der Waals surface area contributed by atoms with Crippen molar-refractivity contribution >= 4 is 5.78 Å². The lowest BCUT2D eigenvalue weighted by Gasteiger charge is -2.17. The molecule has 0 saturated heterocycles. The van der Waals surface area contributed by atoms with Gasteiger partial charge in [-0.05, 0) is 25.9 Å². The first-order chi connectivity index (χ1) is 8.52. The molecule has 2 aromatic rings. The molecule has 0 N–H and O–H groups in total. The third-order valence-electron chi connectivity index (χ3n) is 2.80. The molecule has 0 aliphatic heterocycles. The number of aromatic nitrogens is 4. The smallest absolute Gasteiger partial charge is 0.222 e. The lowest BCUT2D eigenvalue weighted by molar-refractivity contribution is -2.00. The van der Waals surface area contributed by atoms with Gasteiger partial charge in [0.05, 0.1) is 12.7 Å². The number of hydrogen-bond donors (Lipinski definition) is 0. The zero-order valence-electron chi connectivity index (χ0n) is 11.3. The Labute approximate surface area is 112 Å². The van der Waals surface area contributed by atoms with Gasteiger partial charge < -0.3 is 0 Å². The largest absolute Gasteiger partial charge is 0.386 e. The first-order valence-electron chi connectivity index (χ1n) is 5.33. The van der Waals surface area contributed by atoms with Crippen LogP contribution in [0, 0.1) is 37.9 Å². The molecule has 0 aliphatic rings. The van der Waals surface area contributed by atoms with Gasteiger partial charge in [0.25, 0.3) is 0 Å². The van der Waals surface area contributed by atoms with E-state index in [2.05, 4.69) is 28.3 Å². The van der Waals surface area contributed by atoms with Crippen LogP contribution in [0.5, 0.6) is 0 Å². The third kappa shape index (κ3) is 3.82. The van der Waals surface area contributed by atoms with Crippen LogP contribution in [-0.2, 0) is 7.05 Å². The van der Waals surface area contributed by atoms with Crippen LogP contribution in [0.2, 0.25) is 0 Å². The van der Waals surface area contributed by atoms with Gasteiger partial charge in [-0.1, -0.05) is 0 Å². The summed E-state index contributed by atoms with van der Waals surface area (Å²) in [6, 6.07) is 0. The highest BCUT2D eigenvalue weighted by molar-refractivity contribution is 5.27. The molecule has 0 aromatic carbocycles. The van der Waals surface area contributed by atoms with E-state index in [4.69, 9.17) is 18.6 Å². The predicted molar refractivity (Wildman–Crippen MR) is 53.1 cm³/mol. The molecule has 0 atom stereocenters. The van der Waals surface area contributed by atoms with Crippen molar-refractivity contribution in [2.75, 3.05) is 0 Å². The van der Waals surface area contributed by atoms with Gasteiger partial charge in [0.1, 0.15) is 5.69 Å². The van der Waals surface area contributed by atoms with E-state index in [-0.39, 0.29) is 0 Å². The van der Waals surface area contributed by atoms with Crippen molar-refractivity contribution in [3.63, 3.8) is 0 Å². The van der Waals surface area contributed by atoms with Crippen molar-refractivity contribution in [2.24, 2.45) is 7.05 Å². The summed E-state index contributed by atoms with van der Waals surface area (Å²) in [5.74, 6) is 1.89. The lowest BCUT2D eigenvalue weighted by atomic mass is 10.2. The second kappa shape index (κ2) is 5.35. The molecule has 19 heavy (non-hydrogen) atoms. The van der Waals surface area contributed by atoms with Crippen LogP contribution in [0.1, 0.15) is 22.8 Å². The van der Waals surface area contributed by atoms with Crippen molar-refractivity contribution in [1.29, 1.82) is 0 Å². The SMILES string of the molecule is Cc1nc2n(C)nc(C)[n+]2c(C)c1C.[O-][Cl+3]([O-])([O-])[O-]. The lowest BCUT2D eigenvalue weighted by Crippen LogP contribution is -2.68. The molecule has 9 heteroatoms. The molecule has 106 valence electrons. The van der Waals surface area contributed by atoms with E-state index in [1.165, 1.54) is 11.3 Å². The zero-order valence-corrected chi connectivity index (χ0v) is 12.1. The molecule has 8 nitrogen and oxygen atoms in total. The number of halogens is 1. The molecule has 0 fully saturated rings. The third-order valence-corrected chi connectivity index (χ3v) is 2.80. The van der Waals surface area contributed by atoms with Crippen LogP contribution in [0.3, 0.4) is 0 Å². The summed E-state index contributed by atoms with van der Waals surface area (Å²) in [5.41, 5.74) is 3.53. The quantitative estimate of drug-likeness (QED) is 0.455. The maximum atomic E-state index is 8.49. The van der Waals surface area contributed by atoms with Crippen LogP contribution in [0.15, 0.2) is 0 Å². The Bertz CT molecular complexity index is 600. The van der Waals surface area contributed by atoms with Crippen LogP contribution in [-0.4, -0.2) is 14.8 Å². The maximum absolute atomic E-state index is 8.49. The molecule has 0 amide bonds. The standard InChI is InChI=1S/C10H15N4.ClHO4/c1-6-7(2)11-10-13(5)12-9(4)14(10)8(6)3;2-1(3,4)5/h1-5H3;(H,2,3,4,5)/q+1;/p-1. The Morgan fingerprint density at radius 3 is 2.00 bits per heavy atom. The fraction of sp³-hybridized carbons (Fsp3) is 0.500. The van der Waals surface area contributed by atoms with Gasteiger partial charge in [-0.2, -0.15) is 4.40 Å². The Morgan fingerprint density at radius 2 is 1.53 bits per heavy atom. The maximum Gasteiger partial charge on any atom is 0.386 e. The highest BCUT2D eigenvalue weighted by Crippen LogP contribution is 2.07. The second-order valence-electron chi connectivity index (χ2n) is 4.09. The number of hydrogen-bond acceptors (Lipinski definition) is 6. The number of aryl methyl sites for hydroxylation is 4.